The van der Waals surface area contributed by atoms with Crippen LogP contribution in [0.4, 0.5) is 10.5 Å². The molecule has 1 aliphatic rings. The zero-order chi connectivity index (χ0) is 31.0. The Morgan fingerprint density at radius 1 is 1.05 bits per heavy atom. The lowest BCUT2D eigenvalue weighted by Gasteiger charge is -2.29. The number of likely N-dealkylation sites (N-methyl/N-ethyl adjacent to an activating group) is 1. The highest BCUT2D eigenvalue weighted by Crippen LogP contribution is 2.37. The number of benzene rings is 2. The standard InChI is InChI=1S/C29H33N5O6S3/c1-4-34(37)43(38,39)32-22-14-12-21(13-15-22)17-23(24-19-42-28(31-24)26-11-8-16-41-26)30-27(35)25(33(2)29(36)40-3)18-20-9-6-5-7-10-20/h5-16,19,23,25,28,31-32H,4,17-18H2,1-3H3/p+1/t23-,25+,28?/m0/s1. The van der Waals surface area contributed by atoms with Crippen molar-refractivity contribution in [1.29, 1.82) is 0 Å². The van der Waals surface area contributed by atoms with Crippen LogP contribution < -0.4 is 15.4 Å². The molecule has 1 aliphatic heterocycles. The molecule has 228 valence electrons. The molecule has 1 aromatic heterocycles. The summed E-state index contributed by atoms with van der Waals surface area (Å²) in [6, 6.07) is 18.7. The van der Waals surface area contributed by atoms with Crippen molar-refractivity contribution in [3.63, 3.8) is 0 Å². The third-order valence-electron chi connectivity index (χ3n) is 6.79. The van der Waals surface area contributed by atoms with E-state index in [4.69, 9.17) is 4.74 Å². The number of hydrogen-bond acceptors (Lipinski definition) is 9. The number of anilines is 1. The molecule has 43 heavy (non-hydrogen) atoms. The molecule has 14 heteroatoms. The Hall–Kier alpha value is -3.88. The first-order chi connectivity index (χ1) is 20.6. The summed E-state index contributed by atoms with van der Waals surface area (Å²) in [4.78, 5) is 40.4. The van der Waals surface area contributed by atoms with Gasteiger partial charge in [-0.15, -0.1) is 31.5 Å². The highest BCUT2D eigenvalue weighted by Gasteiger charge is 2.32. The van der Waals surface area contributed by atoms with Crippen molar-refractivity contribution in [2.45, 2.75) is 37.2 Å². The summed E-state index contributed by atoms with van der Waals surface area (Å²) in [5.41, 5.74) is 2.76. The van der Waals surface area contributed by atoms with Crippen LogP contribution in [0.3, 0.4) is 0 Å². The van der Waals surface area contributed by atoms with Crippen molar-refractivity contribution in [2.75, 3.05) is 25.4 Å². The van der Waals surface area contributed by atoms with Gasteiger partial charge in [-0.1, -0.05) is 48.5 Å². The van der Waals surface area contributed by atoms with E-state index in [-0.39, 0.29) is 34.1 Å². The number of thiophene rings is 1. The Morgan fingerprint density at radius 2 is 1.74 bits per heavy atom. The highest BCUT2D eigenvalue weighted by atomic mass is 32.2. The van der Waals surface area contributed by atoms with Crippen LogP contribution in [0, 0.1) is 4.91 Å². The number of methoxy groups -OCH3 is 1. The topological polar surface area (TPSA) is 137 Å². The molecular formula is C29H34N5O6S3+. The first kappa shape index (κ1) is 32.0. The van der Waals surface area contributed by atoms with Gasteiger partial charge in [0.25, 0.3) is 0 Å². The Balaban J connectivity index is 1.57. The summed E-state index contributed by atoms with van der Waals surface area (Å²) in [6.45, 7) is 1.24. The predicted octanol–water partition coefficient (Wildman–Crippen LogP) is 4.42. The van der Waals surface area contributed by atoms with Crippen molar-refractivity contribution in [1.82, 2.24) is 15.5 Å². The van der Waals surface area contributed by atoms with Gasteiger partial charge in [-0.25, -0.2) is 9.52 Å². The van der Waals surface area contributed by atoms with Crippen LogP contribution in [0.5, 0.6) is 0 Å². The van der Waals surface area contributed by atoms with Gasteiger partial charge in [-0.2, -0.15) is 0 Å². The second-order valence-corrected chi connectivity index (χ2v) is 13.2. The zero-order valence-electron chi connectivity index (χ0n) is 23.9. The summed E-state index contributed by atoms with van der Waals surface area (Å²) in [7, 11) is -1.40. The van der Waals surface area contributed by atoms with E-state index < -0.39 is 28.4 Å². The molecule has 0 fully saturated rings. The minimum Gasteiger partial charge on any atom is -0.453 e. The molecular weight excluding hydrogens is 611 g/mol. The number of carbonyl (C=O) groups is 2. The SMILES string of the molecule is CC[N+](=O)S(=O)(=O)Nc1ccc(C[C@H](NC(=O)[C@@H](Cc2ccccc2)N(C)C(=O)OC)C2=CSC(c3cccs3)N2)cc1. The van der Waals surface area contributed by atoms with E-state index in [1.807, 2.05) is 53.3 Å². The van der Waals surface area contributed by atoms with Crippen molar-refractivity contribution in [3.8, 4) is 0 Å². The summed E-state index contributed by atoms with van der Waals surface area (Å²) >= 11 is 3.24. The molecule has 1 unspecified atom stereocenters. The van der Waals surface area contributed by atoms with Crippen molar-refractivity contribution >= 4 is 51.0 Å². The molecule has 3 aromatic rings. The Labute approximate surface area is 259 Å². The van der Waals surface area contributed by atoms with Crippen LogP contribution >= 0.6 is 23.1 Å². The molecule has 0 bridgehead atoms. The smallest absolute Gasteiger partial charge is 0.453 e. The van der Waals surface area contributed by atoms with Gasteiger partial charge in [0.05, 0.1) is 18.8 Å². The minimum absolute atomic E-state index is 0.00218. The number of ether oxygens (including phenoxy) is 1. The van der Waals surface area contributed by atoms with E-state index in [1.54, 1.807) is 47.4 Å². The number of carbonyl (C=O) groups excluding carboxylic acids is 2. The molecule has 2 heterocycles. The van der Waals surface area contributed by atoms with Gasteiger partial charge in [-0.05, 0) is 46.5 Å². The van der Waals surface area contributed by atoms with E-state index in [0.29, 0.717) is 6.42 Å². The lowest BCUT2D eigenvalue weighted by atomic mass is 10.0. The molecule has 0 radical (unpaired) electrons. The van der Waals surface area contributed by atoms with Gasteiger partial charge in [0.2, 0.25) is 12.5 Å². The number of nitrogens with zero attached hydrogens (tertiary/aromatic N) is 2. The maximum absolute atomic E-state index is 13.8. The molecule has 3 atom stereocenters. The molecule has 11 nitrogen and oxygen atoms in total. The van der Waals surface area contributed by atoms with Gasteiger partial charge < -0.3 is 15.4 Å². The first-order valence-corrected chi connectivity index (χ1v) is 16.7. The average molecular weight is 645 g/mol. The van der Waals surface area contributed by atoms with Crippen LogP contribution in [0.15, 0.2) is 83.2 Å². The van der Waals surface area contributed by atoms with Crippen LogP contribution in [0.1, 0.15) is 28.3 Å². The lowest BCUT2D eigenvalue weighted by molar-refractivity contribution is -0.383. The zero-order valence-corrected chi connectivity index (χ0v) is 26.4. The Kier molecular flexibility index (Phi) is 10.8. The predicted molar refractivity (Wildman–Crippen MR) is 169 cm³/mol. The number of hydrogen-bond donors (Lipinski definition) is 3. The number of rotatable bonds is 13. The molecule has 0 aliphatic carbocycles. The molecule has 0 saturated carbocycles. The third kappa shape index (κ3) is 8.36. The first-order valence-electron chi connectivity index (χ1n) is 13.5. The largest absolute Gasteiger partial charge is 0.509 e. The number of thioether (sulfide) groups is 1. The Morgan fingerprint density at radius 3 is 2.37 bits per heavy atom. The van der Waals surface area contributed by atoms with Gasteiger partial charge in [0.1, 0.15) is 15.6 Å². The van der Waals surface area contributed by atoms with Gasteiger partial charge in [0.15, 0.2) is 0 Å². The fraction of sp³-hybridized carbons (Fsp3) is 0.310. The molecule has 2 aromatic carbocycles. The average Bonchev–Trinajstić information content (AvgIpc) is 3.72. The fourth-order valence-electron chi connectivity index (χ4n) is 4.46. The molecule has 0 saturated heterocycles. The lowest BCUT2D eigenvalue weighted by Crippen LogP contribution is -2.52. The second-order valence-electron chi connectivity index (χ2n) is 9.72. The third-order valence-corrected chi connectivity index (χ3v) is 10.2. The fourth-order valence-corrected chi connectivity index (χ4v) is 7.25. The van der Waals surface area contributed by atoms with Crippen molar-refractivity contribution in [2.24, 2.45) is 0 Å². The normalized spacial score (nSPS) is 15.9. The number of nitroso groups, excluding NO2 is 1. The maximum Gasteiger partial charge on any atom is 0.509 e. The van der Waals surface area contributed by atoms with E-state index in [2.05, 4.69) is 15.4 Å². The van der Waals surface area contributed by atoms with E-state index >= 15 is 0 Å². The summed E-state index contributed by atoms with van der Waals surface area (Å²) in [5, 5.41) is 10.6. The van der Waals surface area contributed by atoms with Gasteiger partial charge in [-0.3, -0.25) is 9.69 Å². The van der Waals surface area contributed by atoms with Crippen LogP contribution in [-0.4, -0.2) is 62.3 Å². The quantitative estimate of drug-likeness (QED) is 0.233. The summed E-state index contributed by atoms with van der Waals surface area (Å²) in [5.74, 6) is -0.353. The second kappa shape index (κ2) is 14.5. The molecule has 0 spiro atoms. The van der Waals surface area contributed by atoms with Gasteiger partial charge >= 0.3 is 16.3 Å². The van der Waals surface area contributed by atoms with Gasteiger partial charge in [0, 0.05) is 35.9 Å². The summed E-state index contributed by atoms with van der Waals surface area (Å²) < 4.78 is 31.4. The number of nitrogens with one attached hydrogen (secondary N) is 3. The van der Waals surface area contributed by atoms with Crippen molar-refractivity contribution < 1.29 is 26.9 Å². The molecule has 2 amide bonds. The van der Waals surface area contributed by atoms with Crippen molar-refractivity contribution in [3.05, 3.63) is 104 Å². The van der Waals surface area contributed by atoms with Crippen LogP contribution in [-0.2, 0) is 32.6 Å². The molecule has 3 N–H and O–H groups in total. The molecule has 4 rings (SSSR count). The van der Waals surface area contributed by atoms with E-state index in [1.165, 1.54) is 26.0 Å². The maximum atomic E-state index is 13.8. The van der Waals surface area contributed by atoms with Crippen LogP contribution in [0.2, 0.25) is 0 Å². The van der Waals surface area contributed by atoms with E-state index in [9.17, 15) is 22.9 Å². The monoisotopic (exact) mass is 644 g/mol. The number of amides is 2. The highest BCUT2D eigenvalue weighted by molar-refractivity contribution is 8.02. The Bertz CT molecular complexity index is 1550. The van der Waals surface area contributed by atoms with Crippen LogP contribution in [0.25, 0.3) is 0 Å². The van der Waals surface area contributed by atoms with E-state index in [0.717, 1.165) is 21.7 Å². The minimum atomic E-state index is -4.20. The summed E-state index contributed by atoms with van der Waals surface area (Å²) in [6.07, 6.45) is 0.0302.